The van der Waals surface area contributed by atoms with E-state index in [-0.39, 0.29) is 4.60 Å². The number of aromatic amines is 1. The number of aryl methyl sites for hydroxylation is 2. The molecule has 0 aliphatic rings. The molecule has 3 rings (SSSR count). The van der Waals surface area contributed by atoms with Crippen LogP contribution in [0.15, 0.2) is 44.7 Å². The van der Waals surface area contributed by atoms with Crippen molar-refractivity contribution in [1.82, 2.24) is 19.3 Å². The molecule has 0 bridgehead atoms. The lowest BCUT2D eigenvalue weighted by Gasteiger charge is -2.06. The van der Waals surface area contributed by atoms with Crippen LogP contribution in [0.2, 0.25) is 0 Å². The maximum atomic E-state index is 12.0. The van der Waals surface area contributed by atoms with Crippen molar-refractivity contribution < 1.29 is 0 Å². The van der Waals surface area contributed by atoms with E-state index in [4.69, 9.17) is 0 Å². The molecule has 0 saturated heterocycles. The van der Waals surface area contributed by atoms with Crippen molar-refractivity contribution in [2.45, 2.75) is 13.0 Å². The van der Waals surface area contributed by atoms with Crippen LogP contribution in [0.3, 0.4) is 0 Å². The Morgan fingerprint density at radius 2 is 2.05 bits per heavy atom. The van der Waals surface area contributed by atoms with Crippen LogP contribution in [0, 0.1) is 0 Å². The van der Waals surface area contributed by atoms with Gasteiger partial charge in [-0.05, 0) is 34.0 Å². The highest BCUT2D eigenvalue weighted by Gasteiger charge is 2.09. The van der Waals surface area contributed by atoms with Gasteiger partial charge in [0.15, 0.2) is 4.60 Å². The Morgan fingerprint density at radius 3 is 2.86 bits per heavy atom. The maximum Gasteiger partial charge on any atom is 0.347 e. The fourth-order valence-corrected chi connectivity index (χ4v) is 2.76. The first kappa shape index (κ1) is 13.8. The molecule has 1 N–H and O–H groups in total. The standard InChI is InChI=1S/C14H13BrN4O2/c1-18-13(20)12(15)17-19(14(18)21)7-6-9-8-16-11-5-3-2-4-10(9)11/h2-5,8,16H,6-7H2,1H3. The van der Waals surface area contributed by atoms with Gasteiger partial charge in [-0.25, -0.2) is 9.48 Å². The Kier molecular flexibility index (Phi) is 3.50. The van der Waals surface area contributed by atoms with E-state index >= 15 is 0 Å². The fraction of sp³-hybridized carbons (Fsp3) is 0.214. The van der Waals surface area contributed by atoms with Crippen LogP contribution in [-0.4, -0.2) is 19.3 Å². The normalized spacial score (nSPS) is 11.1. The van der Waals surface area contributed by atoms with Gasteiger partial charge in [-0.3, -0.25) is 9.36 Å². The summed E-state index contributed by atoms with van der Waals surface area (Å²) in [6.45, 7) is 0.410. The van der Waals surface area contributed by atoms with E-state index < -0.39 is 11.2 Å². The molecule has 3 aromatic rings. The lowest BCUT2D eigenvalue weighted by molar-refractivity contribution is 0.514. The third-order valence-corrected chi connectivity index (χ3v) is 3.96. The molecular weight excluding hydrogens is 336 g/mol. The molecular formula is C14H13BrN4O2. The highest BCUT2D eigenvalue weighted by molar-refractivity contribution is 9.10. The van der Waals surface area contributed by atoms with Crippen molar-refractivity contribution in [3.8, 4) is 0 Å². The Labute approximate surface area is 128 Å². The molecule has 0 aliphatic heterocycles. The predicted molar refractivity (Wildman–Crippen MR) is 83.4 cm³/mol. The Balaban J connectivity index is 1.92. The van der Waals surface area contributed by atoms with E-state index in [1.807, 2.05) is 30.5 Å². The van der Waals surface area contributed by atoms with Crippen LogP contribution in [0.4, 0.5) is 0 Å². The van der Waals surface area contributed by atoms with Crippen molar-refractivity contribution in [2.24, 2.45) is 7.05 Å². The third kappa shape index (κ3) is 2.44. The highest BCUT2D eigenvalue weighted by Crippen LogP contribution is 2.18. The first-order valence-electron chi connectivity index (χ1n) is 6.46. The Morgan fingerprint density at radius 1 is 1.29 bits per heavy atom. The fourth-order valence-electron chi connectivity index (χ4n) is 2.30. The number of H-pyrrole nitrogens is 1. The summed E-state index contributed by atoms with van der Waals surface area (Å²) in [4.78, 5) is 26.8. The second kappa shape index (κ2) is 5.33. The Bertz CT molecular complexity index is 923. The number of fused-ring (bicyclic) bond motifs is 1. The molecule has 0 fully saturated rings. The number of para-hydroxylation sites is 1. The van der Waals surface area contributed by atoms with Crippen LogP contribution >= 0.6 is 15.9 Å². The zero-order valence-corrected chi connectivity index (χ0v) is 12.9. The molecule has 21 heavy (non-hydrogen) atoms. The average Bonchev–Trinajstić information content (AvgIpc) is 2.91. The quantitative estimate of drug-likeness (QED) is 0.778. The van der Waals surface area contributed by atoms with Gasteiger partial charge >= 0.3 is 5.69 Å². The van der Waals surface area contributed by atoms with Crippen LogP contribution in [0.5, 0.6) is 0 Å². The van der Waals surface area contributed by atoms with E-state index in [1.54, 1.807) is 0 Å². The van der Waals surface area contributed by atoms with E-state index in [2.05, 4.69) is 26.0 Å². The molecule has 7 heteroatoms. The maximum absolute atomic E-state index is 12.0. The molecule has 0 unspecified atom stereocenters. The summed E-state index contributed by atoms with van der Waals surface area (Å²) in [5, 5.41) is 5.12. The van der Waals surface area contributed by atoms with Gasteiger partial charge in [0.25, 0.3) is 5.56 Å². The van der Waals surface area contributed by atoms with Crippen LogP contribution in [0.25, 0.3) is 10.9 Å². The van der Waals surface area contributed by atoms with Crippen molar-refractivity contribution in [3.05, 3.63) is 61.5 Å². The molecule has 0 radical (unpaired) electrons. The number of halogens is 1. The minimum Gasteiger partial charge on any atom is -0.361 e. The van der Waals surface area contributed by atoms with Gasteiger partial charge in [0.05, 0.1) is 6.54 Å². The first-order chi connectivity index (χ1) is 10.1. The van der Waals surface area contributed by atoms with Gasteiger partial charge in [0, 0.05) is 24.1 Å². The second-order valence-electron chi connectivity index (χ2n) is 4.77. The van der Waals surface area contributed by atoms with Gasteiger partial charge in [0.1, 0.15) is 0 Å². The Hall–Kier alpha value is -2.15. The number of benzene rings is 1. The van der Waals surface area contributed by atoms with Gasteiger partial charge in [-0.1, -0.05) is 18.2 Å². The van der Waals surface area contributed by atoms with E-state index in [0.29, 0.717) is 13.0 Å². The second-order valence-corrected chi connectivity index (χ2v) is 5.52. The minimum atomic E-state index is -0.427. The monoisotopic (exact) mass is 348 g/mol. The smallest absolute Gasteiger partial charge is 0.347 e. The summed E-state index contributed by atoms with van der Waals surface area (Å²) in [7, 11) is 1.44. The molecule has 0 aliphatic carbocycles. The topological polar surface area (TPSA) is 72.7 Å². The molecule has 0 atom stereocenters. The van der Waals surface area contributed by atoms with Crippen LogP contribution in [-0.2, 0) is 20.0 Å². The summed E-state index contributed by atoms with van der Waals surface area (Å²) in [5.41, 5.74) is 1.34. The van der Waals surface area contributed by atoms with E-state index in [9.17, 15) is 9.59 Å². The summed E-state index contributed by atoms with van der Waals surface area (Å²) in [6, 6.07) is 7.99. The molecule has 0 amide bonds. The number of hydrogen-bond donors (Lipinski definition) is 1. The van der Waals surface area contributed by atoms with Crippen molar-refractivity contribution in [3.63, 3.8) is 0 Å². The molecule has 108 valence electrons. The van der Waals surface area contributed by atoms with Gasteiger partial charge in [-0.15, -0.1) is 0 Å². The third-order valence-electron chi connectivity index (χ3n) is 3.47. The molecule has 6 nitrogen and oxygen atoms in total. The van der Waals surface area contributed by atoms with Crippen molar-refractivity contribution in [1.29, 1.82) is 0 Å². The summed E-state index contributed by atoms with van der Waals surface area (Å²) in [6.07, 6.45) is 2.59. The molecule has 1 aromatic carbocycles. The summed E-state index contributed by atoms with van der Waals surface area (Å²) >= 11 is 3.08. The molecule has 2 aromatic heterocycles. The van der Waals surface area contributed by atoms with Gasteiger partial charge in [0.2, 0.25) is 0 Å². The van der Waals surface area contributed by atoms with Crippen LogP contribution in [0.1, 0.15) is 5.56 Å². The van der Waals surface area contributed by atoms with Crippen molar-refractivity contribution >= 4 is 26.8 Å². The zero-order valence-electron chi connectivity index (χ0n) is 11.3. The predicted octanol–water partition coefficient (Wildman–Crippen LogP) is 1.43. The number of hydrogen-bond acceptors (Lipinski definition) is 3. The van der Waals surface area contributed by atoms with Gasteiger partial charge in [-0.2, -0.15) is 5.10 Å². The first-order valence-corrected chi connectivity index (χ1v) is 7.26. The van der Waals surface area contributed by atoms with E-state index in [1.165, 1.54) is 11.7 Å². The molecule has 0 spiro atoms. The lowest BCUT2D eigenvalue weighted by atomic mass is 10.1. The largest absolute Gasteiger partial charge is 0.361 e. The SMILES string of the molecule is Cn1c(=O)c(Br)nn(CCc2c[nH]c3ccccc23)c1=O. The zero-order chi connectivity index (χ0) is 15.0. The summed E-state index contributed by atoms with van der Waals surface area (Å²) in [5.74, 6) is 0. The van der Waals surface area contributed by atoms with E-state index in [0.717, 1.165) is 21.0 Å². The number of aromatic nitrogens is 4. The summed E-state index contributed by atoms with van der Waals surface area (Å²) < 4.78 is 2.49. The van der Waals surface area contributed by atoms with Crippen LogP contribution < -0.4 is 11.2 Å². The molecule has 0 saturated carbocycles. The average molecular weight is 349 g/mol. The minimum absolute atomic E-state index is 0.142. The highest BCUT2D eigenvalue weighted by atomic mass is 79.9. The number of nitrogens with zero attached hydrogens (tertiary/aromatic N) is 3. The van der Waals surface area contributed by atoms with Gasteiger partial charge < -0.3 is 4.98 Å². The lowest BCUT2D eigenvalue weighted by Crippen LogP contribution is -2.40. The molecule has 2 heterocycles. The number of rotatable bonds is 3. The number of nitrogens with one attached hydrogen (secondary N) is 1. The van der Waals surface area contributed by atoms with Crippen molar-refractivity contribution in [2.75, 3.05) is 0 Å².